The fourth-order valence-electron chi connectivity index (χ4n) is 17.2. The Bertz CT molecular complexity index is 4910. The van der Waals surface area contributed by atoms with Gasteiger partial charge in [0.1, 0.15) is 0 Å². The van der Waals surface area contributed by atoms with Gasteiger partial charge in [-0.1, -0.05) is 236 Å². The van der Waals surface area contributed by atoms with E-state index in [1.807, 2.05) is 0 Å². The number of nitrogens with zero attached hydrogens (tertiary/aromatic N) is 2. The molecule has 1 fully saturated rings. The van der Waals surface area contributed by atoms with Crippen molar-refractivity contribution in [3.05, 3.63) is 345 Å². The summed E-state index contributed by atoms with van der Waals surface area (Å²) in [5.41, 5.74) is 41.9. The fraction of sp³-hybridized carbons (Fsp3) is 0.188. The molecule has 0 N–H and O–H groups in total. The third-order valence-electron chi connectivity index (χ3n) is 21.0. The molecular formula is C96H90N2. The van der Waals surface area contributed by atoms with Crippen LogP contribution in [0.25, 0.3) is 77.9 Å². The first-order chi connectivity index (χ1) is 47.5. The van der Waals surface area contributed by atoms with Crippen molar-refractivity contribution >= 4 is 34.1 Å². The molecule has 0 aromatic heterocycles. The van der Waals surface area contributed by atoms with Crippen molar-refractivity contribution in [3.8, 4) is 77.9 Å². The zero-order valence-corrected chi connectivity index (χ0v) is 59.3. The van der Waals surface area contributed by atoms with Crippen LogP contribution >= 0.6 is 0 Å². The number of aryl methyl sites for hydroxylation is 12. The highest BCUT2D eigenvalue weighted by Crippen LogP contribution is 2.51. The van der Waals surface area contributed by atoms with Gasteiger partial charge in [-0.3, -0.25) is 0 Å². The summed E-state index contributed by atoms with van der Waals surface area (Å²) in [7, 11) is 0. The molecule has 13 aromatic carbocycles. The number of para-hydroxylation sites is 3. The molecule has 0 aliphatic heterocycles. The molecule has 2 heteroatoms. The maximum Gasteiger partial charge on any atom is 0.0540 e. The van der Waals surface area contributed by atoms with E-state index in [1.165, 1.54) is 175 Å². The van der Waals surface area contributed by atoms with Crippen molar-refractivity contribution in [3.63, 3.8) is 0 Å². The van der Waals surface area contributed by atoms with Crippen LogP contribution in [0.4, 0.5) is 34.1 Å². The molecule has 1 saturated carbocycles. The Hall–Kier alpha value is -10.5. The maximum absolute atomic E-state index is 2.53. The van der Waals surface area contributed by atoms with E-state index >= 15 is 0 Å². The van der Waals surface area contributed by atoms with Gasteiger partial charge in [0.25, 0.3) is 0 Å². The Kier molecular flexibility index (Phi) is 18.0. The first-order valence-corrected chi connectivity index (χ1v) is 35.3. The van der Waals surface area contributed by atoms with Crippen LogP contribution in [-0.4, -0.2) is 0 Å². The molecule has 98 heavy (non-hydrogen) atoms. The smallest absolute Gasteiger partial charge is 0.0540 e. The molecule has 0 saturated heterocycles. The molecule has 0 radical (unpaired) electrons. The molecule has 13 aromatic rings. The Morgan fingerprint density at radius 2 is 0.500 bits per heavy atom. The molecule has 0 bridgehead atoms. The van der Waals surface area contributed by atoms with E-state index in [1.54, 1.807) is 0 Å². The van der Waals surface area contributed by atoms with Gasteiger partial charge in [-0.25, -0.2) is 0 Å². The summed E-state index contributed by atoms with van der Waals surface area (Å²) in [5, 5.41) is 0. The maximum atomic E-state index is 2.53. The van der Waals surface area contributed by atoms with Crippen molar-refractivity contribution in [2.24, 2.45) is 0 Å². The fourth-order valence-corrected chi connectivity index (χ4v) is 17.2. The zero-order chi connectivity index (χ0) is 67.9. The van der Waals surface area contributed by atoms with E-state index in [9.17, 15) is 0 Å². The topological polar surface area (TPSA) is 6.48 Å². The number of hydrogen-bond acceptors (Lipinski definition) is 2. The highest BCUT2D eigenvalue weighted by atomic mass is 15.2. The molecule has 14 rings (SSSR count). The van der Waals surface area contributed by atoms with E-state index in [0.717, 1.165) is 47.0 Å². The van der Waals surface area contributed by atoms with Crippen molar-refractivity contribution in [2.45, 2.75) is 121 Å². The van der Waals surface area contributed by atoms with Crippen molar-refractivity contribution in [1.82, 2.24) is 0 Å². The number of hydrogen-bond donors (Lipinski definition) is 0. The van der Waals surface area contributed by atoms with Gasteiger partial charge in [-0.15, -0.1) is 0 Å². The minimum absolute atomic E-state index is 0.189. The van der Waals surface area contributed by atoms with Crippen LogP contribution in [0.3, 0.4) is 0 Å². The van der Waals surface area contributed by atoms with E-state index in [2.05, 4.69) is 360 Å². The van der Waals surface area contributed by atoms with Gasteiger partial charge < -0.3 is 9.80 Å². The molecule has 1 aliphatic carbocycles. The quantitative estimate of drug-likeness (QED) is 0.101. The number of anilines is 6. The lowest BCUT2D eigenvalue weighted by molar-refractivity contribution is 0.346. The largest absolute Gasteiger partial charge is 0.310 e. The molecule has 2 nitrogen and oxygen atoms in total. The first-order valence-electron chi connectivity index (χ1n) is 35.3. The second kappa shape index (κ2) is 27.2. The highest BCUT2D eigenvalue weighted by Gasteiger charge is 2.36. The third kappa shape index (κ3) is 12.5. The van der Waals surface area contributed by atoms with Gasteiger partial charge in [0.2, 0.25) is 0 Å². The second-order valence-corrected chi connectivity index (χ2v) is 28.3. The Morgan fingerprint density at radius 1 is 0.224 bits per heavy atom. The summed E-state index contributed by atoms with van der Waals surface area (Å²) in [4.78, 5) is 5.04. The van der Waals surface area contributed by atoms with Gasteiger partial charge >= 0.3 is 0 Å². The van der Waals surface area contributed by atoms with Crippen LogP contribution in [0.5, 0.6) is 0 Å². The summed E-state index contributed by atoms with van der Waals surface area (Å²) in [6, 6.07) is 102. The monoisotopic (exact) mass is 1270 g/mol. The summed E-state index contributed by atoms with van der Waals surface area (Å²) >= 11 is 0. The predicted molar refractivity (Wildman–Crippen MR) is 421 cm³/mol. The normalized spacial score (nSPS) is 12.8. The Morgan fingerprint density at radius 3 is 0.837 bits per heavy atom. The minimum Gasteiger partial charge on any atom is -0.310 e. The van der Waals surface area contributed by atoms with Gasteiger partial charge in [0.05, 0.1) is 17.1 Å². The predicted octanol–water partition coefficient (Wildman–Crippen LogP) is 27.2. The van der Waals surface area contributed by atoms with Gasteiger partial charge in [0.15, 0.2) is 0 Å². The van der Waals surface area contributed by atoms with Crippen LogP contribution in [0.2, 0.25) is 0 Å². The average molecular weight is 1270 g/mol. The SMILES string of the molecule is Cc1cc(C)c(-c2cccc(-c3ccccc3N(c3ccc(C4(c5ccc(N(c6ccccc6-c6cccc(-c7c(C)cc(C)cc7C)c6)c6ccccc6-c6cccc(-c7c(C)cc(C)cc7C)c6)cc5)CCCCC4)cc3)c3cccc(-c4c(C)cc(C)cc4C)c3)c2)c(C)c1. The summed E-state index contributed by atoms with van der Waals surface area (Å²) in [6.45, 7) is 26.8. The summed E-state index contributed by atoms with van der Waals surface area (Å²) in [6.07, 6.45) is 5.73. The van der Waals surface area contributed by atoms with Crippen molar-refractivity contribution < 1.29 is 0 Å². The van der Waals surface area contributed by atoms with E-state index in [-0.39, 0.29) is 5.41 Å². The molecule has 0 atom stereocenters. The van der Waals surface area contributed by atoms with Gasteiger partial charge in [-0.05, 0) is 286 Å². The summed E-state index contributed by atoms with van der Waals surface area (Å²) < 4.78 is 0. The second-order valence-electron chi connectivity index (χ2n) is 28.3. The number of rotatable bonds is 15. The third-order valence-corrected chi connectivity index (χ3v) is 21.0. The zero-order valence-electron chi connectivity index (χ0n) is 59.3. The molecule has 0 heterocycles. The van der Waals surface area contributed by atoms with Crippen LogP contribution in [0.1, 0.15) is 110 Å². The van der Waals surface area contributed by atoms with Crippen LogP contribution < -0.4 is 9.80 Å². The van der Waals surface area contributed by atoms with E-state index < -0.39 is 0 Å². The standard InChI is InChI=1S/C96H90N2/c1-62-50-66(5)92(67(6)51-62)77-29-22-26-74(58-77)86-34-14-17-37-89(86)97(85-33-25-32-80(61-85)95-72(11)56-65(4)57-73(95)12)83-44-40-81(41-45-83)96(48-20-13-21-49-96)82-42-46-84(47-43-82)98(90-38-18-15-35-87(90)75-27-23-30-78(59-75)93-68(7)52-63(2)53-69(93)8)91-39-19-16-36-88(91)76-28-24-31-79(60-76)94-70(9)54-64(3)55-71(94)10/h14-19,22-47,50-61H,13,20-21,48-49H2,1-12H3. The highest BCUT2D eigenvalue weighted by molar-refractivity contribution is 5.96. The lowest BCUT2D eigenvalue weighted by atomic mass is 9.65. The number of benzene rings is 13. The molecule has 0 unspecified atom stereocenters. The minimum atomic E-state index is -0.189. The van der Waals surface area contributed by atoms with Crippen LogP contribution in [0, 0.1) is 83.1 Å². The van der Waals surface area contributed by atoms with Crippen molar-refractivity contribution in [2.75, 3.05) is 9.80 Å². The first kappa shape index (κ1) is 64.8. The van der Waals surface area contributed by atoms with Crippen LogP contribution in [0.15, 0.2) is 267 Å². The molecule has 1 aliphatic rings. The molecule has 484 valence electrons. The van der Waals surface area contributed by atoms with Crippen LogP contribution in [-0.2, 0) is 5.41 Å². The lowest BCUT2D eigenvalue weighted by Gasteiger charge is -2.39. The van der Waals surface area contributed by atoms with Crippen molar-refractivity contribution in [1.29, 1.82) is 0 Å². The lowest BCUT2D eigenvalue weighted by Crippen LogP contribution is -2.30. The van der Waals surface area contributed by atoms with E-state index in [4.69, 9.17) is 0 Å². The molecule has 0 spiro atoms. The van der Waals surface area contributed by atoms with Gasteiger partial charge in [0, 0.05) is 39.2 Å². The van der Waals surface area contributed by atoms with Gasteiger partial charge in [-0.2, -0.15) is 0 Å². The van der Waals surface area contributed by atoms with E-state index in [0.29, 0.717) is 0 Å². The Balaban J connectivity index is 0.893. The molecular weight excluding hydrogens is 1180 g/mol. The average Bonchev–Trinajstić information content (AvgIpc) is 0.758. The Labute approximate surface area is 583 Å². The summed E-state index contributed by atoms with van der Waals surface area (Å²) in [5.74, 6) is 0. The molecule has 0 amide bonds.